The molecule has 5 rings (SSSR count). The van der Waals surface area contributed by atoms with Crippen LogP contribution in [0.1, 0.15) is 98.2 Å². The van der Waals surface area contributed by atoms with Gasteiger partial charge in [0.25, 0.3) is 0 Å². The van der Waals surface area contributed by atoms with E-state index in [2.05, 4.69) is 77.8 Å². The molecule has 224 valence electrons. The monoisotopic (exact) mass is 594 g/mol. The number of aliphatic imine (C=N–C) groups is 3. The van der Waals surface area contributed by atoms with Crippen molar-refractivity contribution in [2.75, 3.05) is 0 Å². The van der Waals surface area contributed by atoms with Crippen LogP contribution in [-0.4, -0.2) is 27.2 Å². The van der Waals surface area contributed by atoms with E-state index in [9.17, 15) is 5.11 Å². The summed E-state index contributed by atoms with van der Waals surface area (Å²) in [6.45, 7) is 15.4. The van der Waals surface area contributed by atoms with E-state index in [1.165, 1.54) is 33.4 Å². The van der Waals surface area contributed by atoms with Crippen molar-refractivity contribution in [2.24, 2.45) is 15.0 Å². The Morgan fingerprint density at radius 1 is 0.628 bits per heavy atom. The average Bonchev–Trinajstić information content (AvgIpc) is 3.72. The number of halogens is 1. The van der Waals surface area contributed by atoms with E-state index in [0.717, 1.165) is 107 Å². The predicted molar refractivity (Wildman–Crippen MR) is 184 cm³/mol. The zero-order chi connectivity index (χ0) is 30.8. The van der Waals surface area contributed by atoms with E-state index in [0.29, 0.717) is 5.03 Å². The van der Waals surface area contributed by atoms with Gasteiger partial charge in [0, 0.05) is 16.3 Å². The zero-order valence-corrected chi connectivity index (χ0v) is 27.3. The van der Waals surface area contributed by atoms with Crippen LogP contribution in [0.25, 0.3) is 17.2 Å². The van der Waals surface area contributed by atoms with Gasteiger partial charge in [-0.15, -0.1) is 0 Å². The molecule has 1 aromatic heterocycles. The number of fused-ring (bicyclic) bond motifs is 5. The molecule has 4 aliphatic rings. The molecule has 0 unspecified atom stereocenters. The minimum Gasteiger partial charge on any atom is -0.516 e. The number of hydrogen-bond acceptors (Lipinski definition) is 4. The third-order valence-corrected chi connectivity index (χ3v) is 9.19. The van der Waals surface area contributed by atoms with E-state index >= 15 is 0 Å². The maximum Gasteiger partial charge on any atom is 0.0806 e. The summed E-state index contributed by atoms with van der Waals surface area (Å²) >= 11 is 6.85. The molecule has 8 bridgehead atoms. The molecule has 0 saturated heterocycles. The first kappa shape index (κ1) is 30.7. The lowest BCUT2D eigenvalue weighted by Gasteiger charge is -2.07. The minimum atomic E-state index is 0.480. The topological polar surface area (TPSA) is 73.1 Å². The normalized spacial score (nSPS) is 19.1. The summed E-state index contributed by atoms with van der Waals surface area (Å²) in [5, 5.41) is 11.9. The maximum atomic E-state index is 9.63. The minimum absolute atomic E-state index is 0.480. The number of nitrogens with one attached hydrogen (secondary N) is 1. The number of aliphatic hydroxyl groups is 1. The number of aromatic nitrogens is 1. The van der Waals surface area contributed by atoms with Gasteiger partial charge in [0.2, 0.25) is 0 Å². The molecular weight excluding hydrogens is 552 g/mol. The van der Waals surface area contributed by atoms with Crippen molar-refractivity contribution in [1.29, 1.82) is 0 Å². The smallest absolute Gasteiger partial charge is 0.0806 e. The summed E-state index contributed by atoms with van der Waals surface area (Å²) in [7, 11) is 0. The number of allylic oxidation sites excluding steroid dienone is 9. The van der Waals surface area contributed by atoms with Crippen molar-refractivity contribution >= 4 is 45.9 Å². The summed E-state index contributed by atoms with van der Waals surface area (Å²) < 4.78 is 0. The second kappa shape index (κ2) is 12.9. The Morgan fingerprint density at radius 3 is 1.44 bits per heavy atom. The Kier molecular flexibility index (Phi) is 9.22. The van der Waals surface area contributed by atoms with Crippen LogP contribution < -0.4 is 10.6 Å². The van der Waals surface area contributed by atoms with Gasteiger partial charge in [-0.05, 0) is 114 Å². The predicted octanol–water partition coefficient (Wildman–Crippen LogP) is 8.61. The first-order chi connectivity index (χ1) is 20.9. The molecule has 0 fully saturated rings. The van der Waals surface area contributed by atoms with Gasteiger partial charge in [-0.2, -0.15) is 0 Å². The molecule has 0 aromatic carbocycles. The molecule has 0 atom stereocenters. The fourth-order valence-electron chi connectivity index (χ4n) is 6.94. The number of hydrogen-bond donors (Lipinski definition) is 2. The Balaban J connectivity index is 1.95. The van der Waals surface area contributed by atoms with Crippen LogP contribution in [0.15, 0.2) is 90.0 Å². The van der Waals surface area contributed by atoms with Gasteiger partial charge >= 0.3 is 0 Å². The Bertz CT molecular complexity index is 1810. The highest BCUT2D eigenvalue weighted by Crippen LogP contribution is 2.37. The van der Waals surface area contributed by atoms with E-state index in [1.54, 1.807) is 6.08 Å². The molecule has 43 heavy (non-hydrogen) atoms. The molecule has 0 spiro atoms. The molecule has 0 radical (unpaired) electrons. The number of rotatable bonds is 8. The Hall–Kier alpha value is -3.70. The van der Waals surface area contributed by atoms with Crippen molar-refractivity contribution < 1.29 is 5.11 Å². The van der Waals surface area contributed by atoms with Gasteiger partial charge in [-0.25, -0.2) is 15.0 Å². The van der Waals surface area contributed by atoms with E-state index in [-0.39, 0.29) is 0 Å². The third kappa shape index (κ3) is 5.33. The van der Waals surface area contributed by atoms with Crippen LogP contribution in [0.2, 0.25) is 0 Å². The summed E-state index contributed by atoms with van der Waals surface area (Å²) in [5.74, 6) is 0. The van der Waals surface area contributed by atoms with E-state index in [4.69, 9.17) is 26.6 Å². The van der Waals surface area contributed by atoms with E-state index < -0.39 is 0 Å². The van der Waals surface area contributed by atoms with Crippen LogP contribution in [0.3, 0.4) is 0 Å². The van der Waals surface area contributed by atoms with Gasteiger partial charge in [0.1, 0.15) is 0 Å². The highest BCUT2D eigenvalue weighted by molar-refractivity contribution is 6.47. The van der Waals surface area contributed by atoms with Gasteiger partial charge in [0.05, 0.1) is 45.5 Å². The third-order valence-electron chi connectivity index (χ3n) is 8.88. The molecule has 6 heteroatoms. The standard InChI is InChI=1S/C37H43ClN4O/c1-8-21-22(9-2)30-18-32-25(12-5)26(13-6)34(41-32)20-36-37(28(38)15-16-43)27(14-7)35(42-36)19-33-24(11-4)23(10-3)31(40-33)17-29(21)39-30/h15-20,42-43H,8-14H2,1-7H3/b16-15+,29-17?,32-18?,33-19?,36-20?,37-28-. The second-order valence-corrected chi connectivity index (χ2v) is 11.4. The lowest BCUT2D eigenvalue weighted by Crippen LogP contribution is -2.27. The fourth-order valence-corrected chi connectivity index (χ4v) is 7.21. The molecule has 2 N–H and O–H groups in total. The number of H-pyrrole nitrogens is 1. The second-order valence-electron chi connectivity index (χ2n) is 11.0. The molecule has 4 aliphatic heterocycles. The van der Waals surface area contributed by atoms with Crippen molar-refractivity contribution in [3.8, 4) is 0 Å². The highest BCUT2D eigenvalue weighted by Gasteiger charge is 2.27. The summed E-state index contributed by atoms with van der Waals surface area (Å²) in [6.07, 6.45) is 17.4. The summed E-state index contributed by atoms with van der Waals surface area (Å²) in [5.41, 5.74) is 15.6. The van der Waals surface area contributed by atoms with Crippen LogP contribution >= 0.6 is 11.6 Å². The first-order valence-corrected chi connectivity index (χ1v) is 16.3. The molecule has 5 nitrogen and oxygen atoms in total. The Morgan fingerprint density at radius 2 is 1.05 bits per heavy atom. The quantitative estimate of drug-likeness (QED) is 0.291. The number of aromatic amines is 1. The molecule has 5 heterocycles. The largest absolute Gasteiger partial charge is 0.516 e. The molecule has 0 saturated carbocycles. The average molecular weight is 595 g/mol. The SMILES string of the molecule is CCC1=C(CC)C2=NC1=CC1=NC(=Cc3[nH]c(/c(=C(Cl)/C=C/O)c3CC)=CC3=NC(=C2)C(CC)=C3CC)C(CC)=C1CC. The zero-order valence-electron chi connectivity index (χ0n) is 26.6. The fraction of sp³-hybridized carbons (Fsp3) is 0.378. The van der Waals surface area contributed by atoms with Crippen molar-refractivity contribution in [1.82, 2.24) is 4.98 Å². The Labute approximate surface area is 260 Å². The van der Waals surface area contributed by atoms with Crippen molar-refractivity contribution in [3.63, 3.8) is 0 Å². The van der Waals surface area contributed by atoms with Crippen molar-refractivity contribution in [2.45, 2.75) is 93.4 Å². The number of aliphatic hydroxyl groups excluding tert-OH is 1. The van der Waals surface area contributed by atoms with Gasteiger partial charge in [0.15, 0.2) is 0 Å². The molecule has 0 aliphatic carbocycles. The van der Waals surface area contributed by atoms with Gasteiger partial charge in [-0.1, -0.05) is 60.1 Å². The van der Waals surface area contributed by atoms with Gasteiger partial charge in [-0.3, -0.25) is 0 Å². The summed E-state index contributed by atoms with van der Waals surface area (Å²) in [4.78, 5) is 19.4. The van der Waals surface area contributed by atoms with Crippen LogP contribution in [0.4, 0.5) is 0 Å². The first-order valence-electron chi connectivity index (χ1n) is 15.9. The number of nitrogens with zero attached hydrogens (tertiary/aromatic N) is 3. The maximum absolute atomic E-state index is 9.63. The lowest BCUT2D eigenvalue weighted by molar-refractivity contribution is 0.474. The van der Waals surface area contributed by atoms with Crippen LogP contribution in [0, 0.1) is 0 Å². The van der Waals surface area contributed by atoms with Crippen molar-refractivity contribution in [3.05, 3.63) is 96.8 Å². The molecular formula is C37H43ClN4O. The molecule has 1 aromatic rings. The van der Waals surface area contributed by atoms with E-state index in [1.807, 2.05) is 0 Å². The summed E-state index contributed by atoms with van der Waals surface area (Å²) in [6, 6.07) is 0. The lowest BCUT2D eigenvalue weighted by atomic mass is 9.95. The van der Waals surface area contributed by atoms with Gasteiger partial charge < -0.3 is 10.1 Å². The van der Waals surface area contributed by atoms with Crippen LogP contribution in [-0.2, 0) is 6.42 Å². The molecule has 0 amide bonds. The van der Waals surface area contributed by atoms with Crippen LogP contribution in [0.5, 0.6) is 0 Å². The highest BCUT2D eigenvalue weighted by atomic mass is 35.5.